The van der Waals surface area contributed by atoms with Crippen molar-refractivity contribution in [2.75, 3.05) is 6.61 Å². The molecular formula is C12H24B2O3. The third kappa shape index (κ3) is 7.37. The maximum absolute atomic E-state index is 11.3. The third-order valence-electron chi connectivity index (χ3n) is 3.25. The van der Waals surface area contributed by atoms with E-state index in [0.29, 0.717) is 19.4 Å². The molecule has 0 saturated heterocycles. The van der Waals surface area contributed by atoms with E-state index in [1.807, 2.05) is 27.7 Å². The van der Waals surface area contributed by atoms with E-state index in [2.05, 4.69) is 0 Å². The van der Waals surface area contributed by atoms with Crippen molar-refractivity contribution in [1.82, 2.24) is 0 Å². The Hall–Kier alpha value is -0.570. The Morgan fingerprint density at radius 3 is 2.00 bits per heavy atom. The summed E-state index contributed by atoms with van der Waals surface area (Å²) in [7, 11) is 3.20. The maximum Gasteiger partial charge on any atom is 0.187 e. The van der Waals surface area contributed by atoms with Crippen molar-refractivity contribution in [2.24, 2.45) is 5.41 Å². The molecule has 0 spiro atoms. The molecule has 0 aliphatic heterocycles. The molecule has 0 heterocycles. The van der Waals surface area contributed by atoms with E-state index in [0.717, 1.165) is 6.42 Å². The standard InChI is InChI=1S/C12H24B2O3/c1-11(2,10(14)16)7-8-17-12(3,4)6-5-9(13)15/h5-8,13-14H2,1-4H3. The molecule has 0 N–H and O–H groups in total. The second-order valence-electron chi connectivity index (χ2n) is 6.00. The summed E-state index contributed by atoms with van der Waals surface area (Å²) in [4.78, 5) is 22.2. The zero-order valence-electron chi connectivity index (χ0n) is 12.1. The molecule has 0 fully saturated rings. The zero-order valence-corrected chi connectivity index (χ0v) is 12.1. The first-order valence-electron chi connectivity index (χ1n) is 6.21. The lowest BCUT2D eigenvalue weighted by molar-refractivity contribution is -0.121. The Balaban J connectivity index is 4.02. The summed E-state index contributed by atoms with van der Waals surface area (Å²) in [6.07, 6.45) is 1.98. The van der Waals surface area contributed by atoms with Gasteiger partial charge in [-0.05, 0) is 33.1 Å². The summed E-state index contributed by atoms with van der Waals surface area (Å²) in [6, 6.07) is 0. The Bertz CT molecular complexity index is 285. The molecule has 0 radical (unpaired) electrons. The third-order valence-corrected chi connectivity index (χ3v) is 3.25. The Kier molecular flexibility index (Phi) is 6.17. The summed E-state index contributed by atoms with van der Waals surface area (Å²) in [5.74, 6) is 0. The quantitative estimate of drug-likeness (QED) is 0.571. The van der Waals surface area contributed by atoms with Gasteiger partial charge in [0.1, 0.15) is 0 Å². The highest BCUT2D eigenvalue weighted by Gasteiger charge is 2.25. The van der Waals surface area contributed by atoms with E-state index in [1.165, 1.54) is 0 Å². The first kappa shape index (κ1) is 16.4. The second kappa shape index (κ2) is 6.39. The fourth-order valence-electron chi connectivity index (χ4n) is 1.31. The summed E-state index contributed by atoms with van der Waals surface area (Å²) in [5, 5.41) is 0. The van der Waals surface area contributed by atoms with Gasteiger partial charge in [0.25, 0.3) is 0 Å². The van der Waals surface area contributed by atoms with E-state index in [4.69, 9.17) is 4.74 Å². The number of hydrogen-bond acceptors (Lipinski definition) is 3. The second-order valence-corrected chi connectivity index (χ2v) is 6.00. The van der Waals surface area contributed by atoms with Crippen LogP contribution in [-0.4, -0.2) is 39.3 Å². The van der Waals surface area contributed by atoms with Crippen LogP contribution in [0.5, 0.6) is 0 Å². The lowest BCUT2D eigenvalue weighted by atomic mass is 9.75. The van der Waals surface area contributed by atoms with Crippen molar-refractivity contribution >= 4 is 27.1 Å². The van der Waals surface area contributed by atoms with Crippen LogP contribution in [0, 0.1) is 5.41 Å². The normalized spacial score (nSPS) is 12.5. The van der Waals surface area contributed by atoms with Gasteiger partial charge in [0, 0.05) is 12.0 Å². The molecule has 0 atom stereocenters. The van der Waals surface area contributed by atoms with E-state index < -0.39 is 0 Å². The van der Waals surface area contributed by atoms with Gasteiger partial charge in [-0.25, -0.2) is 0 Å². The molecule has 5 heteroatoms. The molecule has 0 aromatic carbocycles. The fraction of sp³-hybridized carbons (Fsp3) is 0.833. The molecule has 0 aromatic rings. The van der Waals surface area contributed by atoms with Gasteiger partial charge < -0.3 is 14.3 Å². The van der Waals surface area contributed by atoms with Gasteiger partial charge >= 0.3 is 0 Å². The molecule has 0 saturated carbocycles. The number of hydrogen-bond donors (Lipinski definition) is 0. The van der Waals surface area contributed by atoms with Crippen LogP contribution in [0.3, 0.4) is 0 Å². The predicted octanol–water partition coefficient (Wildman–Crippen LogP) is 0.297. The molecule has 0 aliphatic rings. The molecule has 0 bridgehead atoms. The van der Waals surface area contributed by atoms with Crippen LogP contribution in [0.25, 0.3) is 0 Å². The molecule has 0 aromatic heterocycles. The predicted molar refractivity (Wildman–Crippen MR) is 74.8 cm³/mol. The van der Waals surface area contributed by atoms with E-state index in [9.17, 15) is 9.59 Å². The van der Waals surface area contributed by atoms with E-state index >= 15 is 0 Å². The smallest absolute Gasteiger partial charge is 0.187 e. The van der Waals surface area contributed by atoms with Gasteiger partial charge in [0.2, 0.25) is 0 Å². The van der Waals surface area contributed by atoms with Crippen LogP contribution in [0.15, 0.2) is 0 Å². The van der Waals surface area contributed by atoms with Crippen molar-refractivity contribution in [3.05, 3.63) is 0 Å². The van der Waals surface area contributed by atoms with Crippen molar-refractivity contribution in [2.45, 2.75) is 52.6 Å². The van der Waals surface area contributed by atoms with Gasteiger partial charge in [-0.3, -0.25) is 0 Å². The molecule has 0 rings (SSSR count). The highest BCUT2D eigenvalue weighted by Crippen LogP contribution is 2.23. The molecule has 0 aliphatic carbocycles. The van der Waals surface area contributed by atoms with Crippen LogP contribution < -0.4 is 0 Å². The van der Waals surface area contributed by atoms with Crippen LogP contribution in [0.2, 0.25) is 0 Å². The highest BCUT2D eigenvalue weighted by atomic mass is 16.5. The minimum absolute atomic E-state index is 0.183. The van der Waals surface area contributed by atoms with Crippen LogP contribution >= 0.6 is 0 Å². The molecule has 0 unspecified atom stereocenters. The Morgan fingerprint density at radius 2 is 1.59 bits per heavy atom. The average Bonchev–Trinajstić information content (AvgIpc) is 2.14. The van der Waals surface area contributed by atoms with Crippen LogP contribution in [0.1, 0.15) is 47.0 Å². The van der Waals surface area contributed by atoms with Gasteiger partial charge in [0.15, 0.2) is 15.7 Å². The summed E-state index contributed by atoms with van der Waals surface area (Å²) in [5.41, 5.74) is -0.247. The topological polar surface area (TPSA) is 43.4 Å². The van der Waals surface area contributed by atoms with Crippen molar-refractivity contribution < 1.29 is 14.3 Å². The number of ether oxygens (including phenoxy) is 1. The molecule has 96 valence electrons. The maximum atomic E-state index is 11.3. The summed E-state index contributed by atoms with van der Waals surface area (Å²) in [6.45, 7) is 8.38. The first-order chi connectivity index (χ1) is 7.57. The lowest BCUT2D eigenvalue weighted by Crippen LogP contribution is -2.30. The zero-order chi connectivity index (χ0) is 13.7. The lowest BCUT2D eigenvalue weighted by Gasteiger charge is -2.28. The van der Waals surface area contributed by atoms with Gasteiger partial charge in [-0.2, -0.15) is 0 Å². The highest BCUT2D eigenvalue weighted by molar-refractivity contribution is 6.58. The van der Waals surface area contributed by atoms with Gasteiger partial charge in [0.05, 0.1) is 17.0 Å². The van der Waals surface area contributed by atoms with E-state index in [-0.39, 0.29) is 22.4 Å². The number of rotatable bonds is 8. The summed E-state index contributed by atoms with van der Waals surface area (Å²) >= 11 is 0. The van der Waals surface area contributed by atoms with Crippen LogP contribution in [-0.2, 0) is 14.3 Å². The Labute approximate surface area is 106 Å². The van der Waals surface area contributed by atoms with Gasteiger partial charge in [-0.15, -0.1) is 0 Å². The molecule has 17 heavy (non-hydrogen) atoms. The largest absolute Gasteiger partial charge is 0.376 e. The van der Waals surface area contributed by atoms with Crippen molar-refractivity contribution in [1.29, 1.82) is 0 Å². The molecule has 3 nitrogen and oxygen atoms in total. The SMILES string of the molecule is BC(=O)CCC(C)(C)OCCC(C)(C)C(B)=O. The van der Waals surface area contributed by atoms with E-state index in [1.54, 1.807) is 15.7 Å². The number of carbonyl (C=O) groups excluding carboxylic acids is 2. The molecular weight excluding hydrogens is 214 g/mol. The minimum atomic E-state index is -0.323. The number of carbonyl (C=O) groups is 2. The fourth-order valence-corrected chi connectivity index (χ4v) is 1.31. The first-order valence-corrected chi connectivity index (χ1v) is 6.21. The monoisotopic (exact) mass is 238 g/mol. The molecule has 0 amide bonds. The van der Waals surface area contributed by atoms with Crippen molar-refractivity contribution in [3.63, 3.8) is 0 Å². The average molecular weight is 238 g/mol. The van der Waals surface area contributed by atoms with Gasteiger partial charge in [-0.1, -0.05) is 13.8 Å². The minimum Gasteiger partial charge on any atom is -0.376 e. The Morgan fingerprint density at radius 1 is 1.06 bits per heavy atom. The summed E-state index contributed by atoms with van der Waals surface area (Å²) < 4.78 is 5.76. The van der Waals surface area contributed by atoms with Crippen molar-refractivity contribution in [3.8, 4) is 0 Å². The van der Waals surface area contributed by atoms with Crippen LogP contribution in [0.4, 0.5) is 0 Å².